The SMILES string of the molecule is Cc1ccc(N2CC(C)NCC2CCO)cc1Cl. The first-order valence-corrected chi connectivity index (χ1v) is 6.86. The average molecular weight is 269 g/mol. The molecule has 1 aromatic carbocycles. The van der Waals surface area contributed by atoms with Gasteiger partial charge in [0.05, 0.1) is 0 Å². The first kappa shape index (κ1) is 13.7. The monoisotopic (exact) mass is 268 g/mol. The average Bonchev–Trinajstić information content (AvgIpc) is 2.35. The van der Waals surface area contributed by atoms with Gasteiger partial charge in [-0.2, -0.15) is 0 Å². The lowest BCUT2D eigenvalue weighted by atomic mass is 10.1. The molecular formula is C14H21ClN2O. The minimum Gasteiger partial charge on any atom is -0.396 e. The van der Waals surface area contributed by atoms with Gasteiger partial charge in [0.15, 0.2) is 0 Å². The van der Waals surface area contributed by atoms with Crippen LogP contribution in [0, 0.1) is 6.92 Å². The summed E-state index contributed by atoms with van der Waals surface area (Å²) in [6, 6.07) is 6.99. The van der Waals surface area contributed by atoms with Crippen LogP contribution in [0.5, 0.6) is 0 Å². The summed E-state index contributed by atoms with van der Waals surface area (Å²) in [5, 5.41) is 13.4. The van der Waals surface area contributed by atoms with Gasteiger partial charge in [0.2, 0.25) is 0 Å². The Hall–Kier alpha value is -0.770. The van der Waals surface area contributed by atoms with Crippen molar-refractivity contribution in [2.75, 3.05) is 24.6 Å². The highest BCUT2D eigenvalue weighted by atomic mass is 35.5. The standard InChI is InChI=1S/C14H21ClN2O/c1-10-3-4-12(7-14(10)15)17-9-11(2)16-8-13(17)5-6-18/h3-4,7,11,13,16,18H,5-6,8-9H2,1-2H3. The lowest BCUT2D eigenvalue weighted by Crippen LogP contribution is -2.56. The highest BCUT2D eigenvalue weighted by molar-refractivity contribution is 6.31. The Morgan fingerprint density at radius 1 is 1.50 bits per heavy atom. The molecule has 4 heteroatoms. The van der Waals surface area contributed by atoms with E-state index < -0.39 is 0 Å². The molecule has 0 bridgehead atoms. The molecule has 3 nitrogen and oxygen atoms in total. The summed E-state index contributed by atoms with van der Waals surface area (Å²) in [6.45, 7) is 6.27. The summed E-state index contributed by atoms with van der Waals surface area (Å²) in [7, 11) is 0. The fourth-order valence-electron chi connectivity index (χ4n) is 2.44. The van der Waals surface area contributed by atoms with Gasteiger partial charge < -0.3 is 15.3 Å². The molecule has 1 heterocycles. The smallest absolute Gasteiger partial charge is 0.0455 e. The number of benzene rings is 1. The van der Waals surface area contributed by atoms with Gasteiger partial charge in [-0.1, -0.05) is 17.7 Å². The maximum atomic E-state index is 9.17. The molecule has 0 amide bonds. The zero-order valence-corrected chi connectivity index (χ0v) is 11.7. The molecule has 0 aromatic heterocycles. The molecule has 1 fully saturated rings. The van der Waals surface area contributed by atoms with Crippen LogP contribution in [-0.2, 0) is 0 Å². The van der Waals surface area contributed by atoms with E-state index >= 15 is 0 Å². The molecule has 2 unspecified atom stereocenters. The molecule has 1 aromatic rings. The quantitative estimate of drug-likeness (QED) is 0.882. The van der Waals surface area contributed by atoms with E-state index in [4.69, 9.17) is 16.7 Å². The molecule has 0 radical (unpaired) electrons. The first-order valence-electron chi connectivity index (χ1n) is 6.49. The minimum atomic E-state index is 0.219. The van der Waals surface area contributed by atoms with Crippen molar-refractivity contribution < 1.29 is 5.11 Å². The van der Waals surface area contributed by atoms with E-state index in [0.29, 0.717) is 12.1 Å². The largest absolute Gasteiger partial charge is 0.396 e. The van der Waals surface area contributed by atoms with E-state index in [0.717, 1.165) is 35.8 Å². The molecule has 1 aliphatic heterocycles. The number of anilines is 1. The van der Waals surface area contributed by atoms with Crippen molar-refractivity contribution in [3.63, 3.8) is 0 Å². The highest BCUT2D eigenvalue weighted by Crippen LogP contribution is 2.26. The van der Waals surface area contributed by atoms with E-state index in [1.807, 2.05) is 13.0 Å². The third-order valence-electron chi connectivity index (χ3n) is 3.56. The predicted octanol–water partition coefficient (Wildman–Crippen LogP) is 2.20. The van der Waals surface area contributed by atoms with Crippen molar-refractivity contribution in [3.05, 3.63) is 28.8 Å². The zero-order chi connectivity index (χ0) is 13.1. The summed E-state index contributed by atoms with van der Waals surface area (Å²) in [4.78, 5) is 2.35. The molecule has 100 valence electrons. The Bertz CT molecular complexity index is 411. The maximum absolute atomic E-state index is 9.17. The second-order valence-corrected chi connectivity index (χ2v) is 5.47. The molecule has 0 spiro atoms. The van der Waals surface area contributed by atoms with Crippen LogP contribution >= 0.6 is 11.6 Å². The fraction of sp³-hybridized carbons (Fsp3) is 0.571. The van der Waals surface area contributed by atoms with E-state index in [1.165, 1.54) is 0 Å². The van der Waals surface area contributed by atoms with Crippen molar-refractivity contribution in [3.8, 4) is 0 Å². The zero-order valence-electron chi connectivity index (χ0n) is 11.0. The van der Waals surface area contributed by atoms with Gasteiger partial charge in [0.1, 0.15) is 0 Å². The summed E-state index contributed by atoms with van der Waals surface area (Å²) < 4.78 is 0. The summed E-state index contributed by atoms with van der Waals surface area (Å²) in [5.74, 6) is 0. The molecule has 2 atom stereocenters. The van der Waals surface area contributed by atoms with Crippen LogP contribution in [0.15, 0.2) is 18.2 Å². The van der Waals surface area contributed by atoms with Crippen molar-refractivity contribution in [1.29, 1.82) is 0 Å². The normalized spacial score (nSPS) is 24.3. The summed E-state index contributed by atoms with van der Waals surface area (Å²) in [5.41, 5.74) is 2.25. The van der Waals surface area contributed by atoms with Crippen LogP contribution in [0.2, 0.25) is 5.02 Å². The van der Waals surface area contributed by atoms with Gasteiger partial charge in [-0.15, -0.1) is 0 Å². The molecule has 1 aliphatic rings. The molecule has 1 saturated heterocycles. The van der Waals surface area contributed by atoms with Gasteiger partial charge >= 0.3 is 0 Å². The Balaban J connectivity index is 2.23. The summed E-state index contributed by atoms with van der Waals surface area (Å²) in [6.07, 6.45) is 0.783. The number of aryl methyl sites for hydroxylation is 1. The summed E-state index contributed by atoms with van der Waals surface area (Å²) >= 11 is 6.20. The molecular weight excluding hydrogens is 248 g/mol. The van der Waals surface area contributed by atoms with Crippen LogP contribution in [0.25, 0.3) is 0 Å². The van der Waals surface area contributed by atoms with Crippen LogP contribution in [0.4, 0.5) is 5.69 Å². The van der Waals surface area contributed by atoms with Crippen LogP contribution in [0.1, 0.15) is 18.9 Å². The van der Waals surface area contributed by atoms with Gasteiger partial charge in [-0.3, -0.25) is 0 Å². The minimum absolute atomic E-state index is 0.219. The number of nitrogens with zero attached hydrogens (tertiary/aromatic N) is 1. The highest BCUT2D eigenvalue weighted by Gasteiger charge is 2.25. The third-order valence-corrected chi connectivity index (χ3v) is 3.97. The van der Waals surface area contributed by atoms with Crippen LogP contribution in [-0.4, -0.2) is 36.9 Å². The topological polar surface area (TPSA) is 35.5 Å². The van der Waals surface area contributed by atoms with E-state index in [9.17, 15) is 0 Å². The molecule has 18 heavy (non-hydrogen) atoms. The fourth-order valence-corrected chi connectivity index (χ4v) is 2.61. The van der Waals surface area contributed by atoms with Gasteiger partial charge in [0.25, 0.3) is 0 Å². The number of nitrogens with one attached hydrogen (secondary N) is 1. The molecule has 0 aliphatic carbocycles. The van der Waals surface area contributed by atoms with Crippen molar-refractivity contribution in [1.82, 2.24) is 5.32 Å². The van der Waals surface area contributed by atoms with Crippen LogP contribution < -0.4 is 10.2 Å². The second-order valence-electron chi connectivity index (χ2n) is 5.06. The molecule has 2 N–H and O–H groups in total. The number of aliphatic hydroxyl groups is 1. The lowest BCUT2D eigenvalue weighted by molar-refractivity contribution is 0.260. The van der Waals surface area contributed by atoms with Gasteiger partial charge in [-0.05, 0) is 38.0 Å². The lowest BCUT2D eigenvalue weighted by Gasteiger charge is -2.41. The Morgan fingerprint density at radius 2 is 2.28 bits per heavy atom. The van der Waals surface area contributed by atoms with Crippen LogP contribution in [0.3, 0.4) is 0 Å². The van der Waals surface area contributed by atoms with E-state index in [2.05, 4.69) is 29.3 Å². The first-order chi connectivity index (χ1) is 8.61. The van der Waals surface area contributed by atoms with Crippen molar-refractivity contribution >= 4 is 17.3 Å². The third kappa shape index (κ3) is 2.97. The maximum Gasteiger partial charge on any atom is 0.0455 e. The van der Waals surface area contributed by atoms with E-state index in [-0.39, 0.29) is 6.61 Å². The molecule has 2 rings (SSSR count). The Kier molecular flexibility index (Phi) is 4.49. The number of hydrogen-bond donors (Lipinski definition) is 2. The predicted molar refractivity (Wildman–Crippen MR) is 76.5 cm³/mol. The number of halogens is 1. The number of aliphatic hydroxyl groups excluding tert-OH is 1. The van der Waals surface area contributed by atoms with E-state index in [1.54, 1.807) is 0 Å². The Morgan fingerprint density at radius 3 is 2.94 bits per heavy atom. The van der Waals surface area contributed by atoms with Gasteiger partial charge in [0, 0.05) is 42.5 Å². The Labute approximate surface area is 114 Å². The second kappa shape index (κ2) is 5.91. The number of piperazine rings is 1. The van der Waals surface area contributed by atoms with Crippen molar-refractivity contribution in [2.45, 2.75) is 32.4 Å². The number of hydrogen-bond acceptors (Lipinski definition) is 3. The van der Waals surface area contributed by atoms with Crippen molar-refractivity contribution in [2.24, 2.45) is 0 Å². The van der Waals surface area contributed by atoms with Gasteiger partial charge in [-0.25, -0.2) is 0 Å². The number of rotatable bonds is 3. The molecule has 0 saturated carbocycles.